The molecule has 0 aliphatic carbocycles. The van der Waals surface area contributed by atoms with Crippen LogP contribution < -0.4 is 15.1 Å². The van der Waals surface area contributed by atoms with E-state index in [1.165, 1.54) is 6.07 Å². The van der Waals surface area contributed by atoms with Crippen molar-refractivity contribution in [3.05, 3.63) is 63.5 Å². The molecule has 0 spiro atoms. The van der Waals surface area contributed by atoms with Crippen LogP contribution in [0, 0.1) is 11.3 Å². The largest absolute Gasteiger partial charge is 0.489 e. The molecule has 2 aromatic carbocycles. The Hall–Kier alpha value is -3.85. The number of hydrogen-bond acceptors (Lipinski definition) is 6. The van der Waals surface area contributed by atoms with Crippen LogP contribution in [-0.2, 0) is 0 Å². The van der Waals surface area contributed by atoms with Gasteiger partial charge in [-0.1, -0.05) is 12.1 Å². The first-order chi connectivity index (χ1) is 14.8. The molecule has 154 valence electrons. The molecule has 6 heteroatoms. The molecule has 1 unspecified atom stereocenters. The maximum atomic E-state index is 13.0. The van der Waals surface area contributed by atoms with Gasteiger partial charge in [0.15, 0.2) is 11.4 Å². The first-order valence-corrected chi connectivity index (χ1v) is 10.0. The van der Waals surface area contributed by atoms with E-state index >= 15 is 0 Å². The maximum Gasteiger partial charge on any atom is 0.336 e. The lowest BCUT2D eigenvalue weighted by Gasteiger charge is -2.33. The van der Waals surface area contributed by atoms with Gasteiger partial charge in [-0.15, -0.1) is 0 Å². The van der Waals surface area contributed by atoms with Gasteiger partial charge in [0.25, 0.3) is 0 Å². The first-order valence-electron chi connectivity index (χ1n) is 10.0. The van der Waals surface area contributed by atoms with Crippen molar-refractivity contribution in [3.63, 3.8) is 0 Å². The van der Waals surface area contributed by atoms with Crippen LogP contribution in [0.4, 0.5) is 0 Å². The normalized spacial score (nSPS) is 18.5. The summed E-state index contributed by atoms with van der Waals surface area (Å²) in [6.07, 6.45) is 3.71. The van der Waals surface area contributed by atoms with Crippen molar-refractivity contribution in [1.29, 1.82) is 5.26 Å². The molecule has 3 heterocycles. The molecule has 1 atom stereocenters. The van der Waals surface area contributed by atoms with Gasteiger partial charge in [0.05, 0.1) is 22.6 Å². The zero-order valence-corrected chi connectivity index (χ0v) is 17.3. The predicted octanol–water partition coefficient (Wildman–Crippen LogP) is 4.87. The van der Waals surface area contributed by atoms with E-state index in [1.807, 2.05) is 32.9 Å². The second-order valence-electron chi connectivity index (χ2n) is 8.41. The Morgan fingerprint density at radius 2 is 1.87 bits per heavy atom. The summed E-state index contributed by atoms with van der Waals surface area (Å²) in [7, 11) is 0. The Morgan fingerprint density at radius 3 is 2.58 bits per heavy atom. The number of benzene rings is 2. The number of rotatable bonds is 1. The second-order valence-corrected chi connectivity index (χ2v) is 8.41. The second kappa shape index (κ2) is 6.58. The van der Waals surface area contributed by atoms with Crippen molar-refractivity contribution >= 4 is 22.8 Å². The Bertz CT molecular complexity index is 1390. The van der Waals surface area contributed by atoms with Crippen LogP contribution >= 0.6 is 0 Å². The monoisotopic (exact) mass is 413 g/mol. The van der Waals surface area contributed by atoms with E-state index in [0.717, 1.165) is 0 Å². The van der Waals surface area contributed by atoms with Crippen molar-refractivity contribution in [2.24, 2.45) is 0 Å². The molecule has 2 aliphatic rings. The molecule has 6 nitrogen and oxygen atoms in total. The molecule has 2 aliphatic heterocycles. The van der Waals surface area contributed by atoms with E-state index in [-0.39, 0.29) is 29.5 Å². The summed E-state index contributed by atoms with van der Waals surface area (Å²) >= 11 is 0. The van der Waals surface area contributed by atoms with E-state index < -0.39 is 11.2 Å². The fraction of sp³-hybridized carbons (Fsp3) is 0.240. The third kappa shape index (κ3) is 3.01. The van der Waals surface area contributed by atoms with Gasteiger partial charge in [-0.2, -0.15) is 5.26 Å². The molecule has 31 heavy (non-hydrogen) atoms. The van der Waals surface area contributed by atoms with Crippen molar-refractivity contribution in [3.8, 4) is 28.7 Å². The number of ketones is 1. The minimum Gasteiger partial charge on any atom is -0.489 e. The standard InChI is InChI=1S/C25H19NO5/c1-13-10-18(27)21-22(29-13)16-8-9-25(2,3)31-23(16)20-17(11-19(28)30-24(20)21)15-6-4-14(12-26)5-7-15/h4-9,11,13H,10H2,1-3H3. The molecule has 0 N–H and O–H groups in total. The molecule has 0 amide bonds. The fourth-order valence-corrected chi connectivity index (χ4v) is 4.14. The third-order valence-electron chi connectivity index (χ3n) is 5.54. The number of hydrogen-bond donors (Lipinski definition) is 0. The van der Waals surface area contributed by atoms with Crippen molar-refractivity contribution in [2.45, 2.75) is 38.9 Å². The fourth-order valence-electron chi connectivity index (χ4n) is 4.14. The summed E-state index contributed by atoms with van der Waals surface area (Å²) in [6.45, 7) is 5.68. The van der Waals surface area contributed by atoms with Crippen LogP contribution in [0.2, 0.25) is 0 Å². The van der Waals surface area contributed by atoms with Gasteiger partial charge in [-0.3, -0.25) is 4.79 Å². The topological polar surface area (TPSA) is 89.5 Å². The molecule has 0 bridgehead atoms. The summed E-state index contributed by atoms with van der Waals surface area (Å²) in [5.41, 5.74) is 1.72. The van der Waals surface area contributed by atoms with Crippen LogP contribution in [0.5, 0.6) is 11.5 Å². The van der Waals surface area contributed by atoms with Crippen LogP contribution in [0.3, 0.4) is 0 Å². The summed E-state index contributed by atoms with van der Waals surface area (Å²) in [5.74, 6) is 0.754. The van der Waals surface area contributed by atoms with Gasteiger partial charge in [-0.05, 0) is 50.6 Å². The molecule has 1 aromatic heterocycles. The van der Waals surface area contributed by atoms with Gasteiger partial charge in [0, 0.05) is 18.1 Å². The molecule has 5 rings (SSSR count). The zero-order chi connectivity index (χ0) is 21.9. The summed E-state index contributed by atoms with van der Waals surface area (Å²) in [4.78, 5) is 25.5. The van der Waals surface area contributed by atoms with Gasteiger partial charge >= 0.3 is 5.63 Å². The van der Waals surface area contributed by atoms with Crippen molar-refractivity contribution < 1.29 is 18.7 Å². The lowest BCUT2D eigenvalue weighted by atomic mass is 9.89. The lowest BCUT2D eigenvalue weighted by molar-refractivity contribution is 0.0869. The highest BCUT2D eigenvalue weighted by molar-refractivity contribution is 6.15. The van der Waals surface area contributed by atoms with Crippen LogP contribution in [0.1, 0.15) is 48.7 Å². The summed E-state index contributed by atoms with van der Waals surface area (Å²) in [5, 5.41) is 9.66. The minimum atomic E-state index is -0.601. The number of Topliss-reactive ketones (excluding diaryl/α,β-unsaturated/α-hetero) is 1. The molecule has 0 radical (unpaired) electrons. The Labute approximate surface area is 178 Å². The van der Waals surface area contributed by atoms with Crippen LogP contribution in [-0.4, -0.2) is 17.5 Å². The van der Waals surface area contributed by atoms with E-state index in [0.29, 0.717) is 39.1 Å². The quantitative estimate of drug-likeness (QED) is 0.529. The van der Waals surface area contributed by atoms with Crippen LogP contribution in [0.25, 0.3) is 28.2 Å². The molecular formula is C25H19NO5. The highest BCUT2D eigenvalue weighted by Crippen LogP contribution is 2.50. The molecule has 3 aromatic rings. The highest BCUT2D eigenvalue weighted by atomic mass is 16.5. The SMILES string of the molecule is CC1CC(=O)c2c(c3c(c4c(-c5ccc(C#N)cc5)cc(=O)oc24)OC(C)(C)C=C3)O1. The Morgan fingerprint density at radius 1 is 1.13 bits per heavy atom. The third-order valence-corrected chi connectivity index (χ3v) is 5.54. The summed E-state index contributed by atoms with van der Waals surface area (Å²) < 4.78 is 18.0. The molecule has 0 fully saturated rings. The Balaban J connectivity index is 1.94. The average molecular weight is 413 g/mol. The van der Waals surface area contributed by atoms with E-state index in [9.17, 15) is 9.59 Å². The smallest absolute Gasteiger partial charge is 0.336 e. The number of fused-ring (bicyclic) bond motifs is 6. The van der Waals surface area contributed by atoms with E-state index in [4.69, 9.17) is 19.2 Å². The van der Waals surface area contributed by atoms with E-state index in [1.54, 1.807) is 24.3 Å². The number of nitrogens with zero attached hydrogens (tertiary/aromatic N) is 1. The summed E-state index contributed by atoms with van der Waals surface area (Å²) in [6, 6.07) is 10.4. The Kier molecular flexibility index (Phi) is 4.06. The average Bonchev–Trinajstić information content (AvgIpc) is 2.72. The number of nitriles is 1. The maximum absolute atomic E-state index is 13.0. The zero-order valence-electron chi connectivity index (χ0n) is 17.3. The predicted molar refractivity (Wildman–Crippen MR) is 115 cm³/mol. The van der Waals surface area contributed by atoms with Crippen molar-refractivity contribution in [1.82, 2.24) is 0 Å². The number of ether oxygens (including phenoxy) is 2. The van der Waals surface area contributed by atoms with Crippen LogP contribution in [0.15, 0.2) is 45.6 Å². The van der Waals surface area contributed by atoms with Gasteiger partial charge in [-0.25, -0.2) is 4.79 Å². The molecular weight excluding hydrogens is 394 g/mol. The molecule has 0 saturated heterocycles. The van der Waals surface area contributed by atoms with Gasteiger partial charge in [0.1, 0.15) is 28.8 Å². The number of carbonyl (C=O) groups excluding carboxylic acids is 1. The minimum absolute atomic E-state index is 0.139. The van der Waals surface area contributed by atoms with Crippen molar-refractivity contribution in [2.75, 3.05) is 0 Å². The first kappa shape index (κ1) is 19.1. The van der Waals surface area contributed by atoms with E-state index in [2.05, 4.69) is 6.07 Å². The molecule has 0 saturated carbocycles. The van der Waals surface area contributed by atoms with Gasteiger partial charge < -0.3 is 13.9 Å². The number of carbonyl (C=O) groups is 1. The lowest BCUT2D eigenvalue weighted by Crippen LogP contribution is -2.30. The highest BCUT2D eigenvalue weighted by Gasteiger charge is 2.36. The van der Waals surface area contributed by atoms with Gasteiger partial charge in [0.2, 0.25) is 0 Å².